The smallest absolute Gasteiger partial charge is 0.251 e. The van der Waals surface area contributed by atoms with Gasteiger partial charge in [-0.3, -0.25) is 14.4 Å². The third-order valence-electron chi connectivity index (χ3n) is 6.62. The number of allylic oxidation sites excluding steroid dienone is 2. The molecule has 178 valence electrons. The van der Waals surface area contributed by atoms with Crippen LogP contribution in [0.3, 0.4) is 0 Å². The summed E-state index contributed by atoms with van der Waals surface area (Å²) in [6, 6.07) is 4.01. The minimum absolute atomic E-state index is 0.0504. The van der Waals surface area contributed by atoms with Crippen molar-refractivity contribution in [1.29, 1.82) is 0 Å². The molecular weight excluding hydrogens is 484 g/mol. The molecule has 1 fully saturated rings. The van der Waals surface area contributed by atoms with Gasteiger partial charge in [-0.15, -0.1) is 0 Å². The van der Waals surface area contributed by atoms with Crippen LogP contribution in [-0.2, 0) is 9.59 Å². The maximum Gasteiger partial charge on any atom is 0.251 e. The van der Waals surface area contributed by atoms with Gasteiger partial charge in [0.1, 0.15) is 0 Å². The molecule has 0 bridgehead atoms. The molecule has 33 heavy (non-hydrogen) atoms. The lowest BCUT2D eigenvalue weighted by molar-refractivity contribution is -0.126. The molecule has 0 aliphatic carbocycles. The Kier molecular flexibility index (Phi) is 8.00. The number of hydrogen-bond acceptors (Lipinski definition) is 4. The maximum atomic E-state index is 13.1. The highest BCUT2D eigenvalue weighted by Gasteiger charge is 2.31. The summed E-state index contributed by atoms with van der Waals surface area (Å²) in [7, 11) is 0. The number of carbonyl (C=O) groups excluding carboxylic acids is 3. The third-order valence-corrected chi connectivity index (χ3v) is 7.08. The third kappa shape index (κ3) is 5.49. The molecule has 8 heteroatoms. The van der Waals surface area contributed by atoms with Gasteiger partial charge in [-0.2, -0.15) is 0 Å². The molecule has 7 nitrogen and oxygen atoms in total. The summed E-state index contributed by atoms with van der Waals surface area (Å²) in [5.74, 6) is -0.565. The fraction of sp³-hybridized carbons (Fsp3) is 0.480. The van der Waals surface area contributed by atoms with Gasteiger partial charge in [-0.25, -0.2) is 0 Å². The standard InChI is InChI=1S/C25H33BrN4O3/c1-6-23(31)29-9-8-19(14-29)30(7-2)22-12-18(26)11-20(17(22)5)24(32)27-13-21-15(3)10-16(4)28-25(21)33/h6,10-12,15,19,21H,1,7-9,13-14H2,2-5H3,(H,27,32)(H,28,33). The first kappa shape index (κ1) is 25.0. The Bertz CT molecular complexity index is 990. The van der Waals surface area contributed by atoms with E-state index in [1.165, 1.54) is 6.08 Å². The van der Waals surface area contributed by atoms with Crippen LogP contribution in [0.4, 0.5) is 5.69 Å². The summed E-state index contributed by atoms with van der Waals surface area (Å²) in [4.78, 5) is 41.6. The number of hydrogen-bond donors (Lipinski definition) is 2. The zero-order valence-corrected chi connectivity index (χ0v) is 21.4. The van der Waals surface area contributed by atoms with Gasteiger partial charge in [-0.05, 0) is 56.9 Å². The molecule has 1 saturated heterocycles. The van der Waals surface area contributed by atoms with Gasteiger partial charge in [0.15, 0.2) is 0 Å². The topological polar surface area (TPSA) is 81.8 Å². The van der Waals surface area contributed by atoms with Crippen LogP contribution < -0.4 is 15.5 Å². The lowest BCUT2D eigenvalue weighted by atomic mass is 9.89. The number of halogens is 1. The molecule has 1 aromatic rings. The highest BCUT2D eigenvalue weighted by Crippen LogP contribution is 2.32. The number of amides is 3. The van der Waals surface area contributed by atoms with E-state index in [-0.39, 0.29) is 42.1 Å². The van der Waals surface area contributed by atoms with Crippen molar-refractivity contribution in [3.05, 3.63) is 52.2 Å². The van der Waals surface area contributed by atoms with E-state index >= 15 is 0 Å². The Morgan fingerprint density at radius 3 is 2.73 bits per heavy atom. The van der Waals surface area contributed by atoms with Gasteiger partial charge in [0, 0.05) is 53.6 Å². The van der Waals surface area contributed by atoms with Crippen molar-refractivity contribution >= 4 is 39.3 Å². The first-order chi connectivity index (χ1) is 15.7. The first-order valence-corrected chi connectivity index (χ1v) is 12.2. The summed E-state index contributed by atoms with van der Waals surface area (Å²) in [6.45, 7) is 13.8. The van der Waals surface area contributed by atoms with Crippen molar-refractivity contribution in [3.63, 3.8) is 0 Å². The SMILES string of the molecule is C=CC(=O)N1CCC(N(CC)c2cc(Br)cc(C(=O)NCC3C(=O)NC(C)=CC3C)c2C)C1. The van der Waals surface area contributed by atoms with Crippen LogP contribution in [0.25, 0.3) is 0 Å². The molecule has 0 aromatic heterocycles. The summed E-state index contributed by atoms with van der Waals surface area (Å²) < 4.78 is 0.811. The second kappa shape index (κ2) is 10.5. The second-order valence-corrected chi connectivity index (χ2v) is 9.74. The highest BCUT2D eigenvalue weighted by atomic mass is 79.9. The monoisotopic (exact) mass is 516 g/mol. The predicted molar refractivity (Wildman–Crippen MR) is 134 cm³/mol. The van der Waals surface area contributed by atoms with Crippen LogP contribution in [0.5, 0.6) is 0 Å². The molecule has 2 aliphatic rings. The van der Waals surface area contributed by atoms with Crippen molar-refractivity contribution in [3.8, 4) is 0 Å². The second-order valence-electron chi connectivity index (χ2n) is 8.83. The molecule has 3 rings (SSSR count). The fourth-order valence-corrected chi connectivity index (χ4v) is 5.25. The molecule has 2 N–H and O–H groups in total. The number of benzene rings is 1. The Balaban J connectivity index is 1.78. The Morgan fingerprint density at radius 2 is 2.09 bits per heavy atom. The van der Waals surface area contributed by atoms with Gasteiger partial charge in [-0.1, -0.05) is 35.5 Å². The average Bonchev–Trinajstić information content (AvgIpc) is 3.24. The van der Waals surface area contributed by atoms with E-state index in [0.29, 0.717) is 18.7 Å². The van der Waals surface area contributed by atoms with Crippen LogP contribution in [-0.4, -0.2) is 54.8 Å². The molecule has 3 atom stereocenters. The number of carbonyl (C=O) groups is 3. The summed E-state index contributed by atoms with van der Waals surface area (Å²) in [5, 5.41) is 5.81. The van der Waals surface area contributed by atoms with Crippen LogP contribution in [0.15, 0.2) is 41.0 Å². The van der Waals surface area contributed by atoms with Crippen molar-refractivity contribution < 1.29 is 14.4 Å². The fourth-order valence-electron chi connectivity index (χ4n) is 4.80. The molecule has 0 saturated carbocycles. The van der Waals surface area contributed by atoms with E-state index in [4.69, 9.17) is 0 Å². The Labute approximate surface area is 204 Å². The molecular formula is C25H33BrN4O3. The molecule has 0 spiro atoms. The zero-order valence-electron chi connectivity index (χ0n) is 19.8. The summed E-state index contributed by atoms with van der Waals surface area (Å²) in [6.07, 6.45) is 4.24. The van der Waals surface area contributed by atoms with Crippen molar-refractivity contribution in [1.82, 2.24) is 15.5 Å². The molecule has 3 unspecified atom stereocenters. The number of nitrogens with one attached hydrogen (secondary N) is 2. The van der Waals surface area contributed by atoms with E-state index in [1.807, 2.05) is 43.9 Å². The molecule has 1 aromatic carbocycles. The van der Waals surface area contributed by atoms with Crippen LogP contribution in [0.2, 0.25) is 0 Å². The average molecular weight is 517 g/mol. The lowest BCUT2D eigenvalue weighted by Gasteiger charge is -2.32. The van der Waals surface area contributed by atoms with Crippen molar-refractivity contribution in [2.75, 3.05) is 31.1 Å². The normalized spacial score (nSPS) is 22.5. The molecule has 3 amide bonds. The number of nitrogens with zero attached hydrogens (tertiary/aromatic N) is 2. The summed E-state index contributed by atoms with van der Waals surface area (Å²) in [5.41, 5.74) is 3.27. The van der Waals surface area contributed by atoms with E-state index in [1.54, 1.807) is 0 Å². The van der Waals surface area contributed by atoms with Gasteiger partial charge in [0.2, 0.25) is 11.8 Å². The van der Waals surface area contributed by atoms with E-state index < -0.39 is 0 Å². The van der Waals surface area contributed by atoms with Crippen LogP contribution >= 0.6 is 15.9 Å². The highest BCUT2D eigenvalue weighted by molar-refractivity contribution is 9.10. The minimum atomic E-state index is -0.302. The number of anilines is 1. The van der Waals surface area contributed by atoms with Gasteiger partial charge in [0.25, 0.3) is 5.91 Å². The van der Waals surface area contributed by atoms with Gasteiger partial charge in [0.05, 0.1) is 5.92 Å². The quantitative estimate of drug-likeness (QED) is 0.544. The Morgan fingerprint density at radius 1 is 1.36 bits per heavy atom. The van der Waals surface area contributed by atoms with E-state index in [0.717, 1.165) is 34.4 Å². The van der Waals surface area contributed by atoms with Crippen LogP contribution in [0, 0.1) is 18.8 Å². The lowest BCUT2D eigenvalue weighted by Crippen LogP contribution is -2.44. The van der Waals surface area contributed by atoms with Crippen molar-refractivity contribution in [2.24, 2.45) is 11.8 Å². The predicted octanol–water partition coefficient (Wildman–Crippen LogP) is 3.39. The largest absolute Gasteiger partial charge is 0.367 e. The molecule has 2 aliphatic heterocycles. The molecule has 0 radical (unpaired) electrons. The Hall–Kier alpha value is -2.61. The van der Waals surface area contributed by atoms with Crippen LogP contribution in [0.1, 0.15) is 43.1 Å². The maximum absolute atomic E-state index is 13.1. The van der Waals surface area contributed by atoms with Crippen molar-refractivity contribution in [2.45, 2.75) is 40.2 Å². The summed E-state index contributed by atoms with van der Waals surface area (Å²) >= 11 is 3.56. The number of rotatable bonds is 7. The molecule has 2 heterocycles. The minimum Gasteiger partial charge on any atom is -0.367 e. The van der Waals surface area contributed by atoms with Gasteiger partial charge < -0.3 is 20.4 Å². The van der Waals surface area contributed by atoms with E-state index in [9.17, 15) is 14.4 Å². The zero-order chi connectivity index (χ0) is 24.3. The number of likely N-dealkylation sites (tertiary alicyclic amines) is 1. The number of likely N-dealkylation sites (N-methyl/N-ethyl adjacent to an activating group) is 1. The first-order valence-electron chi connectivity index (χ1n) is 11.4. The van der Waals surface area contributed by atoms with Gasteiger partial charge >= 0.3 is 0 Å². The van der Waals surface area contributed by atoms with E-state index in [2.05, 4.69) is 45.0 Å².